The van der Waals surface area contributed by atoms with Gasteiger partial charge >= 0.3 is 5.97 Å². The van der Waals surface area contributed by atoms with E-state index in [-0.39, 0.29) is 18.3 Å². The van der Waals surface area contributed by atoms with E-state index in [0.717, 1.165) is 22.6 Å². The monoisotopic (exact) mass is 339 g/mol. The molecule has 3 rings (SSSR count). The van der Waals surface area contributed by atoms with Gasteiger partial charge in [-0.25, -0.2) is 0 Å². The molecule has 0 aliphatic carbocycles. The lowest BCUT2D eigenvalue weighted by Gasteiger charge is -2.17. The average molecular weight is 339 g/mol. The van der Waals surface area contributed by atoms with Crippen LogP contribution in [-0.2, 0) is 9.59 Å². The van der Waals surface area contributed by atoms with Crippen LogP contribution in [0.5, 0.6) is 11.5 Å². The molecule has 130 valence electrons. The molecule has 0 N–H and O–H groups in total. The van der Waals surface area contributed by atoms with Gasteiger partial charge in [0.15, 0.2) is 0 Å². The lowest BCUT2D eigenvalue weighted by molar-refractivity contribution is -0.139. The normalized spacial score (nSPS) is 16.8. The molecule has 0 bridgehead atoms. The molecule has 1 heterocycles. The molecule has 1 aliphatic heterocycles. The molecule has 0 radical (unpaired) electrons. The van der Waals surface area contributed by atoms with Crippen LogP contribution in [0.4, 0.5) is 5.69 Å². The number of methoxy groups -OCH3 is 1. The van der Waals surface area contributed by atoms with E-state index >= 15 is 0 Å². The van der Waals surface area contributed by atoms with Gasteiger partial charge < -0.3 is 14.4 Å². The first-order valence-corrected chi connectivity index (χ1v) is 8.22. The Balaban J connectivity index is 1.71. The first-order chi connectivity index (χ1) is 12.0. The summed E-state index contributed by atoms with van der Waals surface area (Å²) < 4.78 is 10.7. The van der Waals surface area contributed by atoms with E-state index in [4.69, 9.17) is 9.47 Å². The van der Waals surface area contributed by atoms with E-state index in [9.17, 15) is 9.59 Å². The first kappa shape index (κ1) is 17.0. The molecule has 1 aliphatic rings. The first-order valence-electron chi connectivity index (χ1n) is 8.22. The Morgan fingerprint density at radius 2 is 1.84 bits per heavy atom. The van der Waals surface area contributed by atoms with Crippen molar-refractivity contribution in [1.82, 2.24) is 0 Å². The molecule has 1 fully saturated rings. The molecule has 0 unspecified atom stereocenters. The predicted molar refractivity (Wildman–Crippen MR) is 95.0 cm³/mol. The van der Waals surface area contributed by atoms with Crippen molar-refractivity contribution < 1.29 is 19.1 Å². The van der Waals surface area contributed by atoms with Crippen LogP contribution in [0.1, 0.15) is 17.5 Å². The second-order valence-electron chi connectivity index (χ2n) is 6.22. The summed E-state index contributed by atoms with van der Waals surface area (Å²) in [4.78, 5) is 26.4. The summed E-state index contributed by atoms with van der Waals surface area (Å²) in [7, 11) is 1.59. The highest BCUT2D eigenvalue weighted by atomic mass is 16.5. The Morgan fingerprint density at radius 3 is 2.52 bits per heavy atom. The van der Waals surface area contributed by atoms with Crippen LogP contribution in [0.25, 0.3) is 0 Å². The van der Waals surface area contributed by atoms with E-state index in [1.807, 2.05) is 38.1 Å². The number of aryl methyl sites for hydroxylation is 1. The molecular formula is C20H21NO4. The third-order valence-corrected chi connectivity index (χ3v) is 4.61. The van der Waals surface area contributed by atoms with E-state index in [2.05, 4.69) is 0 Å². The van der Waals surface area contributed by atoms with Gasteiger partial charge in [0.25, 0.3) is 0 Å². The molecule has 1 amide bonds. The number of carbonyl (C=O) groups excluding carboxylic acids is 2. The van der Waals surface area contributed by atoms with Crippen molar-refractivity contribution in [3.63, 3.8) is 0 Å². The predicted octanol–water partition coefficient (Wildman–Crippen LogP) is 3.27. The van der Waals surface area contributed by atoms with Gasteiger partial charge in [0.05, 0.1) is 13.0 Å². The SMILES string of the molecule is COc1ccc(N2C[C@@H](C(=O)Oc3cccc(C)c3C)CC2=O)cc1. The fourth-order valence-corrected chi connectivity index (χ4v) is 2.90. The average Bonchev–Trinajstić information content (AvgIpc) is 3.01. The Hall–Kier alpha value is -2.82. The zero-order valence-electron chi connectivity index (χ0n) is 14.6. The maximum atomic E-state index is 12.5. The molecule has 0 spiro atoms. The smallest absolute Gasteiger partial charge is 0.316 e. The van der Waals surface area contributed by atoms with Crippen LogP contribution in [0.2, 0.25) is 0 Å². The van der Waals surface area contributed by atoms with Crippen LogP contribution < -0.4 is 14.4 Å². The number of benzene rings is 2. The highest BCUT2D eigenvalue weighted by molar-refractivity contribution is 5.99. The van der Waals surface area contributed by atoms with Gasteiger partial charge in [0, 0.05) is 18.7 Å². The Kier molecular flexibility index (Phi) is 4.74. The van der Waals surface area contributed by atoms with Crippen LogP contribution in [-0.4, -0.2) is 25.5 Å². The van der Waals surface area contributed by atoms with Crippen molar-refractivity contribution in [3.8, 4) is 11.5 Å². The summed E-state index contributed by atoms with van der Waals surface area (Å²) in [5.74, 6) is 0.377. The number of ether oxygens (including phenoxy) is 2. The van der Waals surface area contributed by atoms with Crippen molar-refractivity contribution in [2.24, 2.45) is 5.92 Å². The molecule has 0 saturated carbocycles. The summed E-state index contributed by atoms with van der Waals surface area (Å²) in [6, 6.07) is 12.8. The quantitative estimate of drug-likeness (QED) is 0.634. The summed E-state index contributed by atoms with van der Waals surface area (Å²) in [6.45, 7) is 4.22. The van der Waals surface area contributed by atoms with Crippen LogP contribution in [0, 0.1) is 19.8 Å². The minimum Gasteiger partial charge on any atom is -0.497 e. The summed E-state index contributed by atoms with van der Waals surface area (Å²) in [5, 5.41) is 0. The molecule has 5 heteroatoms. The number of esters is 1. The summed E-state index contributed by atoms with van der Waals surface area (Å²) in [5.41, 5.74) is 2.76. The second kappa shape index (κ2) is 6.97. The largest absolute Gasteiger partial charge is 0.497 e. The second-order valence-corrected chi connectivity index (χ2v) is 6.22. The molecule has 5 nitrogen and oxygen atoms in total. The number of nitrogens with zero attached hydrogens (tertiary/aromatic N) is 1. The molecule has 2 aromatic carbocycles. The Morgan fingerprint density at radius 1 is 1.12 bits per heavy atom. The lowest BCUT2D eigenvalue weighted by Crippen LogP contribution is -2.27. The van der Waals surface area contributed by atoms with E-state index in [0.29, 0.717) is 12.3 Å². The summed E-state index contributed by atoms with van der Waals surface area (Å²) in [6.07, 6.45) is 0.162. The van der Waals surface area contributed by atoms with Crippen molar-refractivity contribution in [2.75, 3.05) is 18.6 Å². The van der Waals surface area contributed by atoms with Gasteiger partial charge in [-0.3, -0.25) is 9.59 Å². The number of carbonyl (C=O) groups is 2. The third-order valence-electron chi connectivity index (χ3n) is 4.61. The number of hydrogen-bond acceptors (Lipinski definition) is 4. The molecule has 1 saturated heterocycles. The van der Waals surface area contributed by atoms with Gasteiger partial charge in [0.1, 0.15) is 11.5 Å². The highest BCUT2D eigenvalue weighted by Gasteiger charge is 2.36. The van der Waals surface area contributed by atoms with Gasteiger partial charge in [-0.05, 0) is 55.3 Å². The summed E-state index contributed by atoms with van der Waals surface area (Å²) >= 11 is 0. The number of rotatable bonds is 4. The van der Waals surface area contributed by atoms with Crippen molar-refractivity contribution in [2.45, 2.75) is 20.3 Å². The van der Waals surface area contributed by atoms with Gasteiger partial charge in [0.2, 0.25) is 5.91 Å². The Bertz CT molecular complexity index is 798. The third kappa shape index (κ3) is 3.50. The Labute approximate surface area is 147 Å². The topological polar surface area (TPSA) is 55.8 Å². The molecule has 0 aromatic heterocycles. The minimum absolute atomic E-state index is 0.0759. The molecule has 2 aromatic rings. The molecular weight excluding hydrogens is 318 g/mol. The van der Waals surface area contributed by atoms with Crippen LogP contribution in [0.3, 0.4) is 0 Å². The van der Waals surface area contributed by atoms with Gasteiger partial charge in [-0.15, -0.1) is 0 Å². The standard InChI is InChI=1S/C20H21NO4/c1-13-5-4-6-18(14(13)2)25-20(23)15-11-19(22)21(12-15)16-7-9-17(24-3)10-8-16/h4-10,15H,11-12H2,1-3H3/t15-/m0/s1. The van der Waals surface area contributed by atoms with Gasteiger partial charge in [-0.1, -0.05) is 12.1 Å². The van der Waals surface area contributed by atoms with E-state index in [1.165, 1.54) is 0 Å². The lowest BCUT2D eigenvalue weighted by atomic mass is 10.1. The maximum Gasteiger partial charge on any atom is 0.316 e. The molecule has 25 heavy (non-hydrogen) atoms. The fourth-order valence-electron chi connectivity index (χ4n) is 2.90. The van der Waals surface area contributed by atoms with Crippen molar-refractivity contribution >= 4 is 17.6 Å². The highest BCUT2D eigenvalue weighted by Crippen LogP contribution is 2.29. The van der Waals surface area contributed by atoms with Crippen LogP contribution in [0.15, 0.2) is 42.5 Å². The number of amides is 1. The van der Waals surface area contributed by atoms with Crippen LogP contribution >= 0.6 is 0 Å². The number of hydrogen-bond donors (Lipinski definition) is 0. The van der Waals surface area contributed by atoms with Gasteiger partial charge in [-0.2, -0.15) is 0 Å². The van der Waals surface area contributed by atoms with Crippen molar-refractivity contribution in [1.29, 1.82) is 0 Å². The number of anilines is 1. The van der Waals surface area contributed by atoms with Crippen molar-refractivity contribution in [3.05, 3.63) is 53.6 Å². The van der Waals surface area contributed by atoms with E-state index in [1.54, 1.807) is 30.2 Å². The van der Waals surface area contributed by atoms with E-state index < -0.39 is 5.92 Å². The zero-order chi connectivity index (χ0) is 18.0. The fraction of sp³-hybridized carbons (Fsp3) is 0.300. The minimum atomic E-state index is -0.463. The maximum absolute atomic E-state index is 12.5. The zero-order valence-corrected chi connectivity index (χ0v) is 14.6. The molecule has 1 atom stereocenters.